The molecule has 0 saturated heterocycles. The normalized spacial score (nSPS) is 10.9. The molecule has 0 atom stereocenters. The lowest BCUT2D eigenvalue weighted by Gasteiger charge is -2.15. The SMILES string of the molecule is CCOC(=O)Cc1cc(C#N)c(OC(F)(F)F)c(CCl)c1. The van der Waals surface area contributed by atoms with Crippen molar-refractivity contribution in [2.24, 2.45) is 0 Å². The van der Waals surface area contributed by atoms with Crippen molar-refractivity contribution in [2.45, 2.75) is 25.6 Å². The Morgan fingerprint density at radius 3 is 2.57 bits per heavy atom. The number of alkyl halides is 4. The summed E-state index contributed by atoms with van der Waals surface area (Å²) in [6.45, 7) is 1.81. The first-order valence-electron chi connectivity index (χ1n) is 5.84. The molecule has 0 amide bonds. The first kappa shape index (κ1) is 17.1. The lowest BCUT2D eigenvalue weighted by atomic mass is 10.0. The van der Waals surface area contributed by atoms with Crippen LogP contribution in [0.2, 0.25) is 0 Å². The van der Waals surface area contributed by atoms with E-state index in [-0.39, 0.29) is 30.0 Å². The van der Waals surface area contributed by atoms with Crippen LogP contribution in [-0.4, -0.2) is 18.9 Å². The van der Waals surface area contributed by atoms with Gasteiger partial charge in [-0.3, -0.25) is 4.79 Å². The second kappa shape index (κ2) is 7.18. The van der Waals surface area contributed by atoms with Gasteiger partial charge in [0.15, 0.2) is 5.75 Å². The Kier molecular flexibility index (Phi) is 5.85. The van der Waals surface area contributed by atoms with Crippen molar-refractivity contribution in [2.75, 3.05) is 6.61 Å². The van der Waals surface area contributed by atoms with E-state index in [1.807, 2.05) is 0 Å². The van der Waals surface area contributed by atoms with Gasteiger partial charge in [-0.05, 0) is 18.6 Å². The predicted molar refractivity (Wildman–Crippen MR) is 67.7 cm³/mol. The molecule has 0 radical (unpaired) electrons. The number of carbonyl (C=O) groups is 1. The van der Waals surface area contributed by atoms with Gasteiger partial charge in [0.05, 0.1) is 24.5 Å². The maximum Gasteiger partial charge on any atom is 0.573 e. The minimum absolute atomic E-state index is 0.0210. The zero-order valence-corrected chi connectivity index (χ0v) is 11.7. The van der Waals surface area contributed by atoms with Crippen LogP contribution < -0.4 is 4.74 Å². The van der Waals surface area contributed by atoms with E-state index in [9.17, 15) is 18.0 Å². The smallest absolute Gasteiger partial charge is 0.466 e. The van der Waals surface area contributed by atoms with Crippen molar-refractivity contribution >= 4 is 17.6 Å². The van der Waals surface area contributed by atoms with Crippen LogP contribution in [0.5, 0.6) is 5.75 Å². The molecular weight excluding hydrogens is 311 g/mol. The first-order valence-corrected chi connectivity index (χ1v) is 6.37. The monoisotopic (exact) mass is 321 g/mol. The number of esters is 1. The molecule has 0 fully saturated rings. The van der Waals surface area contributed by atoms with Gasteiger partial charge in [0.1, 0.15) is 6.07 Å². The fourth-order valence-electron chi connectivity index (χ4n) is 1.65. The molecule has 4 nitrogen and oxygen atoms in total. The van der Waals surface area contributed by atoms with Crippen LogP contribution in [0.3, 0.4) is 0 Å². The third-order valence-corrected chi connectivity index (χ3v) is 2.65. The summed E-state index contributed by atoms with van der Waals surface area (Å²) in [5.74, 6) is -1.49. The molecule has 0 saturated carbocycles. The summed E-state index contributed by atoms with van der Waals surface area (Å²) < 4.78 is 45.6. The number of hydrogen-bond donors (Lipinski definition) is 0. The van der Waals surface area contributed by atoms with Crippen molar-refractivity contribution in [3.8, 4) is 11.8 Å². The van der Waals surface area contributed by atoms with Crippen molar-refractivity contribution < 1.29 is 27.4 Å². The zero-order chi connectivity index (χ0) is 16.0. The molecular formula is C13H11ClF3NO3. The fraction of sp³-hybridized carbons (Fsp3) is 0.385. The molecule has 0 aliphatic carbocycles. The molecule has 0 bridgehead atoms. The van der Waals surface area contributed by atoms with Crippen molar-refractivity contribution in [1.82, 2.24) is 0 Å². The van der Waals surface area contributed by atoms with Crippen LogP contribution in [0.4, 0.5) is 13.2 Å². The molecule has 1 aromatic rings. The average molecular weight is 322 g/mol. The van der Waals surface area contributed by atoms with Gasteiger partial charge in [0, 0.05) is 5.56 Å². The highest BCUT2D eigenvalue weighted by atomic mass is 35.5. The van der Waals surface area contributed by atoms with Gasteiger partial charge in [-0.25, -0.2) is 0 Å². The Morgan fingerprint density at radius 2 is 2.10 bits per heavy atom. The molecule has 0 N–H and O–H groups in total. The Morgan fingerprint density at radius 1 is 1.43 bits per heavy atom. The predicted octanol–water partition coefficient (Wildman–Crippen LogP) is 3.30. The topological polar surface area (TPSA) is 59.3 Å². The average Bonchev–Trinajstić information content (AvgIpc) is 2.38. The molecule has 1 aromatic carbocycles. The summed E-state index contributed by atoms with van der Waals surface area (Å²) in [6, 6.07) is 4.03. The number of hydrogen-bond acceptors (Lipinski definition) is 4. The highest BCUT2D eigenvalue weighted by Gasteiger charge is 2.33. The lowest BCUT2D eigenvalue weighted by Crippen LogP contribution is -2.19. The van der Waals surface area contributed by atoms with E-state index in [1.165, 1.54) is 6.07 Å². The van der Waals surface area contributed by atoms with Gasteiger partial charge < -0.3 is 9.47 Å². The van der Waals surface area contributed by atoms with E-state index in [4.69, 9.17) is 21.6 Å². The summed E-state index contributed by atoms with van der Waals surface area (Å²) in [7, 11) is 0. The number of benzene rings is 1. The molecule has 0 heterocycles. The van der Waals surface area contributed by atoms with Crippen molar-refractivity contribution in [1.29, 1.82) is 5.26 Å². The number of halogens is 4. The number of carbonyl (C=O) groups excluding carboxylic acids is 1. The minimum atomic E-state index is -4.94. The third kappa shape index (κ3) is 5.16. The summed E-state index contributed by atoms with van der Waals surface area (Å²) in [5.41, 5.74) is -0.0349. The Labute approximate surface area is 124 Å². The second-order valence-electron chi connectivity index (χ2n) is 3.91. The number of nitrogens with zero attached hydrogens (tertiary/aromatic N) is 1. The van der Waals surface area contributed by atoms with Gasteiger partial charge in [-0.15, -0.1) is 24.8 Å². The molecule has 21 heavy (non-hydrogen) atoms. The van der Waals surface area contributed by atoms with Crippen molar-refractivity contribution in [3.05, 3.63) is 28.8 Å². The number of ether oxygens (including phenoxy) is 2. The fourth-order valence-corrected chi connectivity index (χ4v) is 1.85. The lowest BCUT2D eigenvalue weighted by molar-refractivity contribution is -0.275. The molecule has 0 aliphatic heterocycles. The maximum absolute atomic E-state index is 12.3. The van der Waals surface area contributed by atoms with Crippen LogP contribution in [0, 0.1) is 11.3 Å². The Hall–Kier alpha value is -1.94. The summed E-state index contributed by atoms with van der Waals surface area (Å²) >= 11 is 5.59. The summed E-state index contributed by atoms with van der Waals surface area (Å²) in [5, 5.41) is 8.94. The van der Waals surface area contributed by atoms with Gasteiger partial charge in [0.2, 0.25) is 0 Å². The molecule has 114 valence electrons. The Bertz CT molecular complexity index is 567. The quantitative estimate of drug-likeness (QED) is 0.616. The van der Waals surface area contributed by atoms with Gasteiger partial charge >= 0.3 is 12.3 Å². The van der Waals surface area contributed by atoms with E-state index in [2.05, 4.69) is 4.74 Å². The summed E-state index contributed by atoms with van der Waals surface area (Å²) in [4.78, 5) is 11.4. The van der Waals surface area contributed by atoms with Crippen LogP contribution in [0.15, 0.2) is 12.1 Å². The molecule has 0 unspecified atom stereocenters. The standard InChI is InChI=1S/C13H11ClF3NO3/c1-2-20-11(19)5-8-3-9(6-14)12(10(4-8)7-18)21-13(15,16)17/h3-4H,2,5-6H2,1H3. The van der Waals surface area contributed by atoms with Crippen LogP contribution in [-0.2, 0) is 21.8 Å². The number of rotatable bonds is 5. The van der Waals surface area contributed by atoms with Crippen LogP contribution in [0.1, 0.15) is 23.6 Å². The zero-order valence-electron chi connectivity index (χ0n) is 11.0. The highest BCUT2D eigenvalue weighted by Crippen LogP contribution is 2.32. The number of nitriles is 1. The van der Waals surface area contributed by atoms with E-state index in [0.717, 1.165) is 6.07 Å². The van der Waals surface area contributed by atoms with Crippen molar-refractivity contribution in [3.63, 3.8) is 0 Å². The van der Waals surface area contributed by atoms with Crippen LogP contribution >= 0.6 is 11.6 Å². The molecule has 8 heteroatoms. The Balaban J connectivity index is 3.18. The van der Waals surface area contributed by atoms with E-state index >= 15 is 0 Å². The second-order valence-corrected chi connectivity index (χ2v) is 4.17. The van der Waals surface area contributed by atoms with Crippen LogP contribution in [0.25, 0.3) is 0 Å². The summed E-state index contributed by atoms with van der Waals surface area (Å²) in [6.07, 6.45) is -5.10. The van der Waals surface area contributed by atoms with E-state index in [0.29, 0.717) is 5.56 Å². The minimum Gasteiger partial charge on any atom is -0.466 e. The van der Waals surface area contributed by atoms with E-state index < -0.39 is 18.1 Å². The van der Waals surface area contributed by atoms with Gasteiger partial charge in [-0.2, -0.15) is 5.26 Å². The van der Waals surface area contributed by atoms with Gasteiger partial charge in [-0.1, -0.05) is 6.07 Å². The van der Waals surface area contributed by atoms with E-state index in [1.54, 1.807) is 13.0 Å². The molecule has 0 aliphatic rings. The van der Waals surface area contributed by atoms with Gasteiger partial charge in [0.25, 0.3) is 0 Å². The molecule has 0 aromatic heterocycles. The first-order chi connectivity index (χ1) is 9.80. The molecule has 0 spiro atoms. The third-order valence-electron chi connectivity index (χ3n) is 2.36. The largest absolute Gasteiger partial charge is 0.573 e. The molecule has 1 rings (SSSR count). The maximum atomic E-state index is 12.3. The highest BCUT2D eigenvalue weighted by molar-refractivity contribution is 6.17.